The van der Waals surface area contributed by atoms with Gasteiger partial charge >= 0.3 is 0 Å². The number of aryl methyl sites for hydroxylation is 1. The van der Waals surface area contributed by atoms with E-state index in [9.17, 15) is 0 Å². The molecule has 0 saturated carbocycles. The number of aromatic nitrogens is 4. The van der Waals surface area contributed by atoms with Gasteiger partial charge in [0, 0.05) is 17.8 Å². The van der Waals surface area contributed by atoms with Gasteiger partial charge in [-0.2, -0.15) is 0 Å². The Labute approximate surface area is 115 Å². The first-order chi connectivity index (χ1) is 9.33. The van der Waals surface area contributed by atoms with Crippen LogP contribution < -0.4 is 5.32 Å². The van der Waals surface area contributed by atoms with Crippen molar-refractivity contribution in [3.8, 4) is 5.82 Å². The maximum atomic E-state index is 4.42. The minimum absolute atomic E-state index is 0.717. The highest BCUT2D eigenvalue weighted by molar-refractivity contribution is 7.07. The predicted molar refractivity (Wildman–Crippen MR) is 75.5 cm³/mol. The fourth-order valence-electron chi connectivity index (χ4n) is 1.77. The minimum Gasteiger partial charge on any atom is -0.378 e. The van der Waals surface area contributed by atoms with Gasteiger partial charge in [0.15, 0.2) is 0 Å². The van der Waals surface area contributed by atoms with Gasteiger partial charge in [0.25, 0.3) is 0 Å². The molecule has 0 bridgehead atoms. The fraction of sp³-hybridized carbons (Fsp3) is 0.154. The Kier molecular flexibility index (Phi) is 3.24. The van der Waals surface area contributed by atoms with Crippen LogP contribution in [0.4, 0.5) is 5.69 Å². The van der Waals surface area contributed by atoms with Crippen LogP contribution in [0.5, 0.6) is 0 Å². The van der Waals surface area contributed by atoms with Crippen molar-refractivity contribution in [1.29, 1.82) is 0 Å². The van der Waals surface area contributed by atoms with E-state index in [-0.39, 0.29) is 0 Å². The molecule has 0 amide bonds. The monoisotopic (exact) mass is 271 g/mol. The topological polar surface area (TPSA) is 55.6 Å². The molecular weight excluding hydrogens is 258 g/mol. The summed E-state index contributed by atoms with van der Waals surface area (Å²) in [4.78, 5) is 12.8. The van der Waals surface area contributed by atoms with E-state index in [1.807, 2.05) is 46.9 Å². The summed E-state index contributed by atoms with van der Waals surface area (Å²) < 4.78 is 1.95. The van der Waals surface area contributed by atoms with Gasteiger partial charge in [-0.3, -0.25) is 4.57 Å². The summed E-state index contributed by atoms with van der Waals surface area (Å²) in [7, 11) is 0. The fourth-order valence-corrected chi connectivity index (χ4v) is 2.33. The summed E-state index contributed by atoms with van der Waals surface area (Å²) in [5.74, 6) is 1.80. The van der Waals surface area contributed by atoms with E-state index in [0.717, 1.165) is 23.0 Å². The number of anilines is 1. The number of hydrogen-bond donors (Lipinski definition) is 1. The van der Waals surface area contributed by atoms with Gasteiger partial charge in [-0.1, -0.05) is 0 Å². The van der Waals surface area contributed by atoms with Crippen LogP contribution in [0.25, 0.3) is 5.82 Å². The molecule has 0 atom stereocenters. The third-order valence-corrected chi connectivity index (χ3v) is 3.41. The first-order valence-electron chi connectivity index (χ1n) is 5.90. The maximum Gasteiger partial charge on any atom is 0.138 e. The number of pyridine rings is 1. The molecule has 0 aromatic carbocycles. The second kappa shape index (κ2) is 5.19. The first-order valence-corrected chi connectivity index (χ1v) is 6.84. The van der Waals surface area contributed by atoms with E-state index < -0.39 is 0 Å². The van der Waals surface area contributed by atoms with Gasteiger partial charge in [-0.05, 0) is 19.1 Å². The van der Waals surface area contributed by atoms with Crippen molar-refractivity contribution < 1.29 is 0 Å². The Morgan fingerprint density at radius 3 is 2.84 bits per heavy atom. The van der Waals surface area contributed by atoms with Crippen LogP contribution in [0.15, 0.2) is 41.6 Å². The molecule has 6 heteroatoms. The maximum absolute atomic E-state index is 4.42. The smallest absolute Gasteiger partial charge is 0.138 e. The highest BCUT2D eigenvalue weighted by Crippen LogP contribution is 2.12. The van der Waals surface area contributed by atoms with Gasteiger partial charge in [0.1, 0.15) is 11.6 Å². The molecular formula is C13H13N5S. The number of nitrogens with one attached hydrogen (secondary N) is 1. The van der Waals surface area contributed by atoms with Gasteiger partial charge in [0.2, 0.25) is 0 Å². The van der Waals surface area contributed by atoms with Crippen LogP contribution >= 0.6 is 11.3 Å². The zero-order valence-electron chi connectivity index (χ0n) is 10.4. The molecule has 0 saturated heterocycles. The van der Waals surface area contributed by atoms with E-state index >= 15 is 0 Å². The largest absolute Gasteiger partial charge is 0.378 e. The quantitative estimate of drug-likeness (QED) is 0.792. The highest BCUT2D eigenvalue weighted by atomic mass is 32.1. The molecule has 19 heavy (non-hydrogen) atoms. The first kappa shape index (κ1) is 11.9. The molecule has 3 aromatic rings. The average Bonchev–Trinajstić information content (AvgIpc) is 3.08. The Balaban J connectivity index is 1.71. The summed E-state index contributed by atoms with van der Waals surface area (Å²) in [5.41, 5.74) is 3.86. The Bertz CT molecular complexity index is 642. The van der Waals surface area contributed by atoms with Crippen LogP contribution in [-0.4, -0.2) is 19.5 Å². The van der Waals surface area contributed by atoms with Crippen molar-refractivity contribution in [2.24, 2.45) is 0 Å². The highest BCUT2D eigenvalue weighted by Gasteiger charge is 2.02. The van der Waals surface area contributed by atoms with Gasteiger partial charge in [-0.15, -0.1) is 11.3 Å². The summed E-state index contributed by atoms with van der Waals surface area (Å²) in [5, 5.41) is 5.32. The number of rotatable bonds is 4. The molecule has 96 valence electrons. The van der Waals surface area contributed by atoms with Gasteiger partial charge in [-0.25, -0.2) is 15.0 Å². The van der Waals surface area contributed by atoms with Crippen molar-refractivity contribution in [2.45, 2.75) is 13.5 Å². The molecule has 0 radical (unpaired) electrons. The Morgan fingerprint density at radius 2 is 2.21 bits per heavy atom. The van der Waals surface area contributed by atoms with Crippen molar-refractivity contribution >= 4 is 17.0 Å². The molecule has 0 aliphatic carbocycles. The van der Waals surface area contributed by atoms with Crippen molar-refractivity contribution in [3.05, 3.63) is 53.1 Å². The average molecular weight is 271 g/mol. The van der Waals surface area contributed by atoms with Crippen LogP contribution in [0.3, 0.4) is 0 Å². The lowest BCUT2D eigenvalue weighted by molar-refractivity contribution is 0.931. The third kappa shape index (κ3) is 2.63. The molecule has 1 N–H and O–H groups in total. The van der Waals surface area contributed by atoms with Crippen LogP contribution in [0.2, 0.25) is 0 Å². The number of thiazole rings is 1. The molecule has 0 unspecified atom stereocenters. The molecule has 3 heterocycles. The van der Waals surface area contributed by atoms with E-state index in [1.165, 1.54) is 0 Å². The number of hydrogen-bond acceptors (Lipinski definition) is 5. The molecule has 0 aliphatic heterocycles. The van der Waals surface area contributed by atoms with Crippen molar-refractivity contribution in [3.63, 3.8) is 0 Å². The molecule has 0 aliphatic rings. The van der Waals surface area contributed by atoms with E-state index in [2.05, 4.69) is 20.3 Å². The molecule has 3 aromatic heterocycles. The van der Waals surface area contributed by atoms with Crippen molar-refractivity contribution in [2.75, 3.05) is 5.32 Å². The Morgan fingerprint density at radius 1 is 1.26 bits per heavy atom. The summed E-state index contributed by atoms with van der Waals surface area (Å²) in [6.45, 7) is 2.67. The molecule has 3 rings (SSSR count). The summed E-state index contributed by atoms with van der Waals surface area (Å²) in [6, 6.07) is 3.98. The number of nitrogens with zero attached hydrogens (tertiary/aromatic N) is 4. The molecule has 0 spiro atoms. The van der Waals surface area contributed by atoms with Crippen LogP contribution in [-0.2, 0) is 6.54 Å². The summed E-state index contributed by atoms with van der Waals surface area (Å²) in [6.07, 6.45) is 5.49. The zero-order chi connectivity index (χ0) is 13.1. The normalized spacial score (nSPS) is 10.6. The SMILES string of the molecule is Cc1nccn1-c1ccc(NCc2cscn2)cn1. The Hall–Kier alpha value is -2.21. The lowest BCUT2D eigenvalue weighted by Crippen LogP contribution is -2.02. The van der Waals surface area contributed by atoms with Gasteiger partial charge in [0.05, 0.1) is 29.6 Å². The standard InChI is InChI=1S/C13H13N5S/c1-10-14-4-5-18(10)13-3-2-11(6-16-13)15-7-12-8-19-9-17-12/h2-6,8-9,15H,7H2,1H3. The molecule has 5 nitrogen and oxygen atoms in total. The lowest BCUT2D eigenvalue weighted by atomic mass is 10.3. The second-order valence-electron chi connectivity index (χ2n) is 4.08. The van der Waals surface area contributed by atoms with Crippen LogP contribution in [0, 0.1) is 6.92 Å². The second-order valence-corrected chi connectivity index (χ2v) is 4.80. The van der Waals surface area contributed by atoms with Gasteiger partial charge < -0.3 is 5.32 Å². The zero-order valence-corrected chi connectivity index (χ0v) is 11.3. The third-order valence-electron chi connectivity index (χ3n) is 2.78. The van der Waals surface area contributed by atoms with Crippen molar-refractivity contribution in [1.82, 2.24) is 19.5 Å². The molecule has 0 fully saturated rings. The van der Waals surface area contributed by atoms with E-state index in [1.54, 1.807) is 17.5 Å². The van der Waals surface area contributed by atoms with Crippen LogP contribution in [0.1, 0.15) is 11.5 Å². The minimum atomic E-state index is 0.717. The van der Waals surface area contributed by atoms with E-state index in [4.69, 9.17) is 0 Å². The lowest BCUT2D eigenvalue weighted by Gasteiger charge is -2.07. The summed E-state index contributed by atoms with van der Waals surface area (Å²) >= 11 is 1.60. The van der Waals surface area contributed by atoms with E-state index in [0.29, 0.717) is 6.54 Å². The predicted octanol–water partition coefficient (Wildman–Crippen LogP) is 2.64. The number of imidazole rings is 1.